The van der Waals surface area contributed by atoms with Gasteiger partial charge in [0.2, 0.25) is 11.8 Å². The summed E-state index contributed by atoms with van der Waals surface area (Å²) in [5.41, 5.74) is 7.16. The fourth-order valence-electron chi connectivity index (χ4n) is 4.49. The molecule has 1 saturated carbocycles. The van der Waals surface area contributed by atoms with Gasteiger partial charge in [-0.2, -0.15) is 15.1 Å². The number of fused-ring (bicyclic) bond motifs is 1. The molecule has 4 atom stereocenters. The van der Waals surface area contributed by atoms with E-state index in [4.69, 9.17) is 24.3 Å². The maximum Gasteiger partial charge on any atom is 0.459 e. The number of hydrogen-bond donors (Lipinski definition) is 2. The summed E-state index contributed by atoms with van der Waals surface area (Å²) in [7, 11) is -3.95. The van der Waals surface area contributed by atoms with E-state index in [1.54, 1.807) is 51.4 Å². The molecular weight excluding hydrogens is 535 g/mol. The van der Waals surface area contributed by atoms with Crippen LogP contribution in [0, 0.1) is 5.92 Å². The van der Waals surface area contributed by atoms with Crippen LogP contribution in [0.2, 0.25) is 0 Å². The number of carbonyl (C=O) groups is 1. The summed E-state index contributed by atoms with van der Waals surface area (Å²) in [5, 5.41) is 2.72. The molecule has 5 rings (SSSR count). The molecule has 2 aromatic heterocycles. The number of nitrogens with two attached hydrogens (primary N) is 1. The highest BCUT2D eigenvalue weighted by Gasteiger charge is 2.34. The maximum atomic E-state index is 13.8. The lowest BCUT2D eigenvalue weighted by molar-refractivity contribution is -0.149. The predicted molar refractivity (Wildman–Crippen MR) is 149 cm³/mol. The number of rotatable bonds is 12. The van der Waals surface area contributed by atoms with Crippen molar-refractivity contribution in [2.24, 2.45) is 5.92 Å². The van der Waals surface area contributed by atoms with E-state index < -0.39 is 19.8 Å². The van der Waals surface area contributed by atoms with Gasteiger partial charge in [0.25, 0.3) is 0 Å². The van der Waals surface area contributed by atoms with Gasteiger partial charge in [0, 0.05) is 5.92 Å². The highest BCUT2D eigenvalue weighted by atomic mass is 31.2. The van der Waals surface area contributed by atoms with E-state index in [1.807, 2.05) is 22.8 Å². The number of ether oxygens (including phenoxy) is 2. The SMILES string of the molecule is CC(C)OC(=O)[C@H](C)N[P@](=O)(OC[C@@H]1C=C[C@H](n2cnc3c(OC4CCC4)nc(N)nc32)C1)Oc1ccccc1. The second-order valence-corrected chi connectivity index (χ2v) is 12.1. The first-order valence-electron chi connectivity index (χ1n) is 13.5. The highest BCUT2D eigenvalue weighted by molar-refractivity contribution is 7.52. The molecule has 40 heavy (non-hydrogen) atoms. The van der Waals surface area contributed by atoms with Crippen molar-refractivity contribution < 1.29 is 27.9 Å². The van der Waals surface area contributed by atoms with Gasteiger partial charge >= 0.3 is 13.7 Å². The summed E-state index contributed by atoms with van der Waals surface area (Å²) in [5.74, 6) is 0.248. The maximum absolute atomic E-state index is 13.8. The van der Waals surface area contributed by atoms with Crippen molar-refractivity contribution in [2.75, 3.05) is 12.3 Å². The quantitative estimate of drug-likeness (QED) is 0.179. The Labute approximate surface area is 232 Å². The third-order valence-electron chi connectivity index (χ3n) is 6.73. The van der Waals surface area contributed by atoms with E-state index in [1.165, 1.54) is 0 Å². The molecule has 2 aliphatic rings. The number of para-hydroxylation sites is 1. The predicted octanol–water partition coefficient (Wildman–Crippen LogP) is 4.59. The van der Waals surface area contributed by atoms with Crippen molar-refractivity contribution in [2.45, 2.75) is 70.7 Å². The monoisotopic (exact) mass is 570 g/mol. The number of aromatic nitrogens is 4. The summed E-state index contributed by atoms with van der Waals surface area (Å²) in [6.45, 7) is 5.14. The van der Waals surface area contributed by atoms with Gasteiger partial charge in [-0.05, 0) is 58.6 Å². The zero-order chi connectivity index (χ0) is 28.3. The van der Waals surface area contributed by atoms with Gasteiger partial charge in [-0.15, -0.1) is 0 Å². The molecule has 13 heteroatoms. The number of carbonyl (C=O) groups excluding carboxylic acids is 1. The van der Waals surface area contributed by atoms with E-state index in [0.717, 1.165) is 19.3 Å². The number of anilines is 1. The largest absolute Gasteiger partial charge is 0.473 e. The van der Waals surface area contributed by atoms with Crippen LogP contribution in [0.1, 0.15) is 52.5 Å². The Balaban J connectivity index is 1.26. The molecule has 2 aliphatic carbocycles. The molecule has 0 radical (unpaired) electrons. The normalized spacial score (nSPS) is 21.2. The molecule has 0 bridgehead atoms. The topological polar surface area (TPSA) is 153 Å². The van der Waals surface area contributed by atoms with Crippen LogP contribution in [0.4, 0.5) is 5.95 Å². The molecule has 12 nitrogen and oxygen atoms in total. The molecule has 2 heterocycles. The Morgan fingerprint density at radius 1 is 1.18 bits per heavy atom. The molecule has 0 saturated heterocycles. The fourth-order valence-corrected chi connectivity index (χ4v) is 6.04. The van der Waals surface area contributed by atoms with Crippen molar-refractivity contribution in [3.8, 4) is 11.6 Å². The first-order chi connectivity index (χ1) is 19.2. The molecule has 0 unspecified atom stereocenters. The Morgan fingerprint density at radius 2 is 1.95 bits per heavy atom. The summed E-state index contributed by atoms with van der Waals surface area (Å²) in [6, 6.07) is 7.68. The summed E-state index contributed by atoms with van der Waals surface area (Å²) in [6.07, 6.45) is 9.31. The minimum Gasteiger partial charge on any atom is -0.473 e. The fraction of sp³-hybridized carbons (Fsp3) is 0.481. The van der Waals surface area contributed by atoms with Gasteiger partial charge in [-0.1, -0.05) is 30.4 Å². The Morgan fingerprint density at radius 3 is 2.65 bits per heavy atom. The molecule has 3 aromatic rings. The number of nitrogens with one attached hydrogen (secondary N) is 1. The van der Waals surface area contributed by atoms with Gasteiger partial charge in [0.05, 0.1) is 25.1 Å². The third kappa shape index (κ3) is 6.63. The lowest BCUT2D eigenvalue weighted by atomic mass is 9.96. The Hall–Kier alpha value is -3.47. The summed E-state index contributed by atoms with van der Waals surface area (Å²) >= 11 is 0. The molecule has 214 valence electrons. The average molecular weight is 571 g/mol. The zero-order valence-corrected chi connectivity index (χ0v) is 23.7. The minimum atomic E-state index is -3.95. The number of imidazole rings is 1. The summed E-state index contributed by atoms with van der Waals surface area (Å²) in [4.78, 5) is 25.6. The van der Waals surface area contributed by atoms with Crippen LogP contribution in [0.15, 0.2) is 48.8 Å². The standard InChI is InChI=1S/C27H35N6O6P/c1-17(2)37-26(34)18(3)32-40(35,39-22-8-5-4-6-9-22)36-15-19-12-13-20(14-19)33-16-29-23-24(33)30-27(28)31-25(23)38-21-10-7-11-21/h4-6,8-9,12-13,16-21H,7,10-11,14-15H2,1-3H3,(H,32,35)(H2,28,30,31)/t18-,19+,20-,40-/m0/s1. The van der Waals surface area contributed by atoms with E-state index in [-0.39, 0.29) is 36.7 Å². The van der Waals surface area contributed by atoms with Crippen molar-refractivity contribution in [3.63, 3.8) is 0 Å². The lowest BCUT2D eigenvalue weighted by Gasteiger charge is -2.25. The molecule has 1 fully saturated rings. The molecule has 0 amide bonds. The molecule has 0 spiro atoms. The van der Waals surface area contributed by atoms with E-state index in [9.17, 15) is 9.36 Å². The van der Waals surface area contributed by atoms with E-state index in [0.29, 0.717) is 29.2 Å². The van der Waals surface area contributed by atoms with Crippen LogP contribution >= 0.6 is 7.75 Å². The summed E-state index contributed by atoms with van der Waals surface area (Å²) < 4.78 is 38.6. The number of hydrogen-bond acceptors (Lipinski definition) is 10. The number of benzene rings is 1. The van der Waals surface area contributed by atoms with E-state index >= 15 is 0 Å². The highest BCUT2D eigenvalue weighted by Crippen LogP contribution is 2.46. The van der Waals surface area contributed by atoms with Crippen LogP contribution < -0.4 is 20.1 Å². The minimum absolute atomic E-state index is 0.0771. The average Bonchev–Trinajstić information content (AvgIpc) is 3.52. The molecule has 1 aromatic carbocycles. The van der Waals surface area contributed by atoms with Crippen LogP contribution in [0.3, 0.4) is 0 Å². The Bertz CT molecular complexity index is 1410. The Kier molecular flexibility index (Phi) is 8.39. The number of esters is 1. The smallest absolute Gasteiger partial charge is 0.459 e. The molecule has 0 aliphatic heterocycles. The molecule has 3 N–H and O–H groups in total. The van der Waals surface area contributed by atoms with E-state index in [2.05, 4.69) is 20.0 Å². The second kappa shape index (κ2) is 12.0. The van der Waals surface area contributed by atoms with Crippen LogP contribution in [0.5, 0.6) is 11.6 Å². The number of nitrogen functional groups attached to an aromatic ring is 1. The van der Waals surface area contributed by atoms with Gasteiger partial charge in [-0.3, -0.25) is 9.32 Å². The van der Waals surface area contributed by atoms with Crippen molar-refractivity contribution in [1.82, 2.24) is 24.6 Å². The molecular formula is C27H35N6O6P. The van der Waals surface area contributed by atoms with Crippen molar-refractivity contribution >= 4 is 30.8 Å². The zero-order valence-electron chi connectivity index (χ0n) is 22.8. The van der Waals surface area contributed by atoms with Crippen molar-refractivity contribution in [1.29, 1.82) is 0 Å². The van der Waals surface area contributed by atoms with Crippen LogP contribution in [-0.4, -0.2) is 50.3 Å². The number of nitrogens with zero attached hydrogens (tertiary/aromatic N) is 4. The van der Waals surface area contributed by atoms with Crippen molar-refractivity contribution in [3.05, 3.63) is 48.8 Å². The van der Waals surface area contributed by atoms with Gasteiger partial charge in [0.15, 0.2) is 11.2 Å². The first-order valence-corrected chi connectivity index (χ1v) is 15.1. The second-order valence-electron chi connectivity index (χ2n) is 10.4. The number of allylic oxidation sites excluding steroid dienone is 1. The lowest BCUT2D eigenvalue weighted by Crippen LogP contribution is -2.36. The first kappa shape index (κ1) is 28.1. The van der Waals surface area contributed by atoms with Crippen LogP contribution in [0.25, 0.3) is 11.2 Å². The van der Waals surface area contributed by atoms with Crippen LogP contribution in [-0.2, 0) is 18.6 Å². The van der Waals surface area contributed by atoms with Gasteiger partial charge < -0.3 is 24.3 Å². The third-order valence-corrected chi connectivity index (χ3v) is 8.37. The van der Waals surface area contributed by atoms with Gasteiger partial charge in [-0.25, -0.2) is 9.55 Å². The van der Waals surface area contributed by atoms with Gasteiger partial charge in [0.1, 0.15) is 17.9 Å².